The van der Waals surface area contributed by atoms with Gasteiger partial charge in [0.1, 0.15) is 0 Å². The molecule has 6 heteroatoms. The summed E-state index contributed by atoms with van der Waals surface area (Å²) in [6.45, 7) is 1.20. The molecule has 0 aliphatic carbocycles. The fraction of sp³-hybridized carbons (Fsp3) is 0.385. The number of anilines is 2. The third-order valence-electron chi connectivity index (χ3n) is 3.36. The molecule has 1 atom stereocenters. The molecular formula is C13H17N3O3. The Morgan fingerprint density at radius 2 is 2.16 bits per heavy atom. The number of rotatable bonds is 3. The van der Waals surface area contributed by atoms with Crippen LogP contribution in [0.3, 0.4) is 0 Å². The summed E-state index contributed by atoms with van der Waals surface area (Å²) < 4.78 is 4.75. The second kappa shape index (κ2) is 5.17. The summed E-state index contributed by atoms with van der Waals surface area (Å²) in [7, 11) is 1.32. The van der Waals surface area contributed by atoms with Crippen molar-refractivity contribution >= 4 is 23.3 Å². The van der Waals surface area contributed by atoms with Gasteiger partial charge in [-0.05, 0) is 24.6 Å². The molecule has 0 spiro atoms. The molecule has 0 saturated carbocycles. The third-order valence-corrected chi connectivity index (χ3v) is 3.36. The van der Waals surface area contributed by atoms with Crippen LogP contribution in [0.1, 0.15) is 16.8 Å². The highest BCUT2D eigenvalue weighted by molar-refractivity contribution is 5.97. The zero-order chi connectivity index (χ0) is 14.0. The van der Waals surface area contributed by atoms with E-state index in [0.29, 0.717) is 30.8 Å². The van der Waals surface area contributed by atoms with Gasteiger partial charge in [-0.2, -0.15) is 0 Å². The minimum atomic E-state index is -0.440. The lowest BCUT2D eigenvalue weighted by atomic mass is 10.1. The minimum Gasteiger partial charge on any atom is -0.465 e. The molecule has 1 saturated heterocycles. The lowest BCUT2D eigenvalue weighted by Crippen LogP contribution is -2.28. The lowest BCUT2D eigenvalue weighted by molar-refractivity contribution is -0.121. The molecule has 19 heavy (non-hydrogen) atoms. The number of carbonyl (C=O) groups excluding carboxylic acids is 2. The third kappa shape index (κ3) is 2.62. The number of nitrogens with two attached hydrogens (primary N) is 2. The van der Waals surface area contributed by atoms with E-state index in [1.165, 1.54) is 7.11 Å². The molecule has 0 bridgehead atoms. The van der Waals surface area contributed by atoms with Crippen LogP contribution in [0.15, 0.2) is 18.2 Å². The predicted molar refractivity (Wildman–Crippen MR) is 71.7 cm³/mol. The second-order valence-corrected chi connectivity index (χ2v) is 4.60. The Balaban J connectivity index is 2.30. The quantitative estimate of drug-likeness (QED) is 0.606. The normalized spacial score (nSPS) is 18.4. The molecule has 1 amide bonds. The smallest absolute Gasteiger partial charge is 0.340 e. The van der Waals surface area contributed by atoms with Gasteiger partial charge in [-0.1, -0.05) is 0 Å². The van der Waals surface area contributed by atoms with Crippen molar-refractivity contribution in [3.8, 4) is 0 Å². The molecule has 1 aliphatic rings. The van der Waals surface area contributed by atoms with E-state index >= 15 is 0 Å². The van der Waals surface area contributed by atoms with E-state index in [1.807, 2.05) is 4.90 Å². The van der Waals surface area contributed by atoms with Crippen LogP contribution in [0.2, 0.25) is 0 Å². The Morgan fingerprint density at radius 1 is 1.42 bits per heavy atom. The highest BCUT2D eigenvalue weighted by Gasteiger charge is 2.29. The monoisotopic (exact) mass is 263 g/mol. The van der Waals surface area contributed by atoms with Gasteiger partial charge in [-0.3, -0.25) is 4.79 Å². The summed E-state index contributed by atoms with van der Waals surface area (Å²) in [4.78, 5) is 24.9. The molecule has 2 rings (SSSR count). The Labute approximate surface area is 111 Å². The SMILES string of the molecule is COC(=O)c1cc(N)ccc1N1CCC(C(N)=O)C1. The van der Waals surface area contributed by atoms with Crippen molar-refractivity contribution < 1.29 is 14.3 Å². The molecule has 1 heterocycles. The molecule has 102 valence electrons. The van der Waals surface area contributed by atoms with Crippen molar-refractivity contribution in [2.45, 2.75) is 6.42 Å². The van der Waals surface area contributed by atoms with Crippen LogP contribution >= 0.6 is 0 Å². The summed E-state index contributed by atoms with van der Waals surface area (Å²) >= 11 is 0. The topological polar surface area (TPSA) is 98.7 Å². The zero-order valence-electron chi connectivity index (χ0n) is 10.8. The van der Waals surface area contributed by atoms with Crippen LogP contribution in [0.5, 0.6) is 0 Å². The molecule has 0 radical (unpaired) electrons. The predicted octanol–water partition coefficient (Wildman–Crippen LogP) is 0.367. The van der Waals surface area contributed by atoms with Crippen molar-refractivity contribution in [3.05, 3.63) is 23.8 Å². The number of ether oxygens (including phenoxy) is 1. The van der Waals surface area contributed by atoms with E-state index in [4.69, 9.17) is 16.2 Å². The summed E-state index contributed by atoms with van der Waals surface area (Å²) in [5.74, 6) is -0.926. The van der Waals surface area contributed by atoms with Gasteiger partial charge < -0.3 is 21.1 Å². The van der Waals surface area contributed by atoms with Crippen LogP contribution in [0, 0.1) is 5.92 Å². The van der Waals surface area contributed by atoms with E-state index in [9.17, 15) is 9.59 Å². The molecule has 1 aromatic rings. The molecular weight excluding hydrogens is 246 g/mol. The fourth-order valence-electron chi connectivity index (χ4n) is 2.31. The standard InChI is InChI=1S/C13H17N3O3/c1-19-13(18)10-6-9(14)2-3-11(10)16-5-4-8(7-16)12(15)17/h2-3,6,8H,4-5,7,14H2,1H3,(H2,15,17). The lowest BCUT2D eigenvalue weighted by Gasteiger charge is -2.21. The summed E-state index contributed by atoms with van der Waals surface area (Å²) in [6, 6.07) is 5.07. The van der Waals surface area contributed by atoms with Crippen LogP contribution in [0.25, 0.3) is 0 Å². The number of primary amides is 1. The summed E-state index contributed by atoms with van der Waals surface area (Å²) in [5, 5.41) is 0. The molecule has 1 fully saturated rings. The number of hydrogen-bond donors (Lipinski definition) is 2. The van der Waals surface area contributed by atoms with E-state index in [2.05, 4.69) is 0 Å². The largest absolute Gasteiger partial charge is 0.465 e. The maximum atomic E-state index is 11.8. The second-order valence-electron chi connectivity index (χ2n) is 4.60. The van der Waals surface area contributed by atoms with Crippen molar-refractivity contribution in [1.82, 2.24) is 0 Å². The number of hydrogen-bond acceptors (Lipinski definition) is 5. The Kier molecular flexibility index (Phi) is 3.59. The molecule has 1 aliphatic heterocycles. The van der Waals surface area contributed by atoms with Gasteiger partial charge in [0.15, 0.2) is 0 Å². The maximum Gasteiger partial charge on any atom is 0.340 e. The first-order chi connectivity index (χ1) is 9.02. The van der Waals surface area contributed by atoms with E-state index in [0.717, 1.165) is 5.69 Å². The van der Waals surface area contributed by atoms with Crippen LogP contribution < -0.4 is 16.4 Å². The van der Waals surface area contributed by atoms with Gasteiger partial charge in [-0.25, -0.2) is 4.79 Å². The van der Waals surface area contributed by atoms with Gasteiger partial charge in [0.2, 0.25) is 5.91 Å². The first-order valence-corrected chi connectivity index (χ1v) is 6.05. The van der Waals surface area contributed by atoms with Gasteiger partial charge >= 0.3 is 5.97 Å². The van der Waals surface area contributed by atoms with E-state index in [1.54, 1.807) is 18.2 Å². The number of esters is 1. The van der Waals surface area contributed by atoms with Gasteiger partial charge in [0, 0.05) is 18.8 Å². The molecule has 0 aromatic heterocycles. The van der Waals surface area contributed by atoms with Gasteiger partial charge in [-0.15, -0.1) is 0 Å². The molecule has 6 nitrogen and oxygen atoms in total. The summed E-state index contributed by atoms with van der Waals surface area (Å²) in [6.07, 6.45) is 0.695. The highest BCUT2D eigenvalue weighted by Crippen LogP contribution is 2.29. The number of carbonyl (C=O) groups is 2. The first-order valence-electron chi connectivity index (χ1n) is 6.05. The zero-order valence-corrected chi connectivity index (χ0v) is 10.8. The number of methoxy groups -OCH3 is 1. The highest BCUT2D eigenvalue weighted by atomic mass is 16.5. The van der Waals surface area contributed by atoms with E-state index < -0.39 is 5.97 Å². The Hall–Kier alpha value is -2.24. The van der Waals surface area contributed by atoms with Crippen LogP contribution in [0.4, 0.5) is 11.4 Å². The van der Waals surface area contributed by atoms with Crippen LogP contribution in [-0.4, -0.2) is 32.1 Å². The van der Waals surface area contributed by atoms with Crippen molar-refractivity contribution in [1.29, 1.82) is 0 Å². The number of nitrogen functional groups attached to an aromatic ring is 1. The molecule has 4 N–H and O–H groups in total. The fourth-order valence-corrected chi connectivity index (χ4v) is 2.31. The Bertz CT molecular complexity index is 516. The van der Waals surface area contributed by atoms with Crippen molar-refractivity contribution in [2.75, 3.05) is 30.8 Å². The molecule has 1 unspecified atom stereocenters. The average molecular weight is 263 g/mol. The van der Waals surface area contributed by atoms with E-state index in [-0.39, 0.29) is 11.8 Å². The maximum absolute atomic E-state index is 11.8. The van der Waals surface area contributed by atoms with Crippen LogP contribution in [-0.2, 0) is 9.53 Å². The number of nitrogens with zero attached hydrogens (tertiary/aromatic N) is 1. The van der Waals surface area contributed by atoms with Gasteiger partial charge in [0.25, 0.3) is 0 Å². The van der Waals surface area contributed by atoms with Crippen molar-refractivity contribution in [3.63, 3.8) is 0 Å². The minimum absolute atomic E-state index is 0.178. The number of benzene rings is 1. The molecule has 1 aromatic carbocycles. The summed E-state index contributed by atoms with van der Waals surface area (Å²) in [5.41, 5.74) is 12.6. The number of amides is 1. The first kappa shape index (κ1) is 13.2. The average Bonchev–Trinajstić information content (AvgIpc) is 2.87. The van der Waals surface area contributed by atoms with Crippen molar-refractivity contribution in [2.24, 2.45) is 11.7 Å². The Morgan fingerprint density at radius 3 is 2.74 bits per heavy atom. The van der Waals surface area contributed by atoms with Gasteiger partial charge in [0.05, 0.1) is 24.3 Å².